The van der Waals surface area contributed by atoms with Crippen LogP contribution in [0.4, 0.5) is 14.5 Å². The van der Waals surface area contributed by atoms with Crippen LogP contribution in [-0.4, -0.2) is 25.1 Å². The Morgan fingerprint density at radius 3 is 2.46 bits per heavy atom. The number of nitrogens with one attached hydrogen (secondary N) is 1. The molecule has 9 heteroatoms. The number of carbonyl (C=O) groups is 2. The van der Waals surface area contributed by atoms with E-state index in [0.717, 1.165) is 27.8 Å². The van der Waals surface area contributed by atoms with Gasteiger partial charge < -0.3 is 14.8 Å². The van der Waals surface area contributed by atoms with Crippen molar-refractivity contribution in [3.05, 3.63) is 53.1 Å². The zero-order chi connectivity index (χ0) is 20.7. The van der Waals surface area contributed by atoms with Crippen LogP contribution in [0.25, 0.3) is 0 Å². The van der Waals surface area contributed by atoms with Crippen molar-refractivity contribution in [1.82, 2.24) is 0 Å². The van der Waals surface area contributed by atoms with Crippen LogP contribution >= 0.6 is 11.8 Å². The van der Waals surface area contributed by atoms with Crippen LogP contribution in [-0.2, 0) is 9.53 Å². The van der Waals surface area contributed by atoms with E-state index in [1.807, 2.05) is 5.40 Å². The standard InChI is InChI=1S/C19H16F2N2O4S/c1-11-7-13(28-10-22)8-12(2)17(11)23-16(24)9-26-18(25)14-5-3-4-6-15(14)27-19(20)21/h3-8,19H,9H2,1-2H3,(H,23,24). The Labute approximate surface area is 164 Å². The van der Waals surface area contributed by atoms with Crippen LogP contribution in [0.5, 0.6) is 5.75 Å². The molecule has 1 amide bonds. The molecule has 0 saturated heterocycles. The molecule has 0 radical (unpaired) electrons. The number of rotatable bonds is 7. The number of halogens is 2. The smallest absolute Gasteiger partial charge is 0.387 e. The second-order valence-corrected chi connectivity index (χ2v) is 6.48. The summed E-state index contributed by atoms with van der Waals surface area (Å²) in [5.41, 5.74) is 1.83. The van der Waals surface area contributed by atoms with E-state index in [9.17, 15) is 18.4 Å². The summed E-state index contributed by atoms with van der Waals surface area (Å²) in [6.45, 7) is -0.150. The van der Waals surface area contributed by atoms with Crippen LogP contribution in [0.3, 0.4) is 0 Å². The van der Waals surface area contributed by atoms with Crippen molar-refractivity contribution >= 4 is 29.3 Å². The minimum Gasteiger partial charge on any atom is -0.452 e. The molecule has 0 unspecified atom stereocenters. The molecule has 0 spiro atoms. The molecular weight excluding hydrogens is 390 g/mol. The third-order valence-electron chi connectivity index (χ3n) is 3.59. The molecule has 0 aromatic heterocycles. The molecule has 0 atom stereocenters. The third kappa shape index (κ3) is 5.69. The highest BCUT2D eigenvalue weighted by atomic mass is 32.2. The highest BCUT2D eigenvalue weighted by Crippen LogP contribution is 2.27. The first-order valence-electron chi connectivity index (χ1n) is 7.99. The predicted molar refractivity (Wildman–Crippen MR) is 99.4 cm³/mol. The van der Waals surface area contributed by atoms with Gasteiger partial charge in [0.1, 0.15) is 16.7 Å². The molecule has 1 N–H and O–H groups in total. The maximum absolute atomic E-state index is 12.4. The number of amides is 1. The van der Waals surface area contributed by atoms with Gasteiger partial charge in [-0.2, -0.15) is 14.0 Å². The number of ether oxygens (including phenoxy) is 2. The second kappa shape index (κ2) is 9.71. The van der Waals surface area contributed by atoms with Gasteiger partial charge in [-0.3, -0.25) is 4.79 Å². The fourth-order valence-corrected chi connectivity index (χ4v) is 3.03. The number of hydrogen-bond acceptors (Lipinski definition) is 6. The van der Waals surface area contributed by atoms with E-state index < -0.39 is 25.1 Å². The highest BCUT2D eigenvalue weighted by molar-refractivity contribution is 8.03. The molecule has 0 saturated carbocycles. The number of carbonyl (C=O) groups excluding carboxylic acids is 2. The molecular formula is C19H16F2N2O4S. The number of thioether (sulfide) groups is 1. The van der Waals surface area contributed by atoms with Gasteiger partial charge >= 0.3 is 12.6 Å². The summed E-state index contributed by atoms with van der Waals surface area (Å²) in [5.74, 6) is -1.88. The number of benzene rings is 2. The predicted octanol–water partition coefficient (Wildman–Crippen LogP) is 4.27. The summed E-state index contributed by atoms with van der Waals surface area (Å²) in [5, 5.41) is 13.4. The minimum absolute atomic E-state index is 0.208. The largest absolute Gasteiger partial charge is 0.452 e. The van der Waals surface area contributed by atoms with Crippen molar-refractivity contribution in [3.63, 3.8) is 0 Å². The molecule has 0 aliphatic carbocycles. The molecule has 2 rings (SSSR count). The minimum atomic E-state index is -3.09. The number of aryl methyl sites for hydroxylation is 2. The Morgan fingerprint density at radius 2 is 1.86 bits per heavy atom. The second-order valence-electron chi connectivity index (χ2n) is 5.62. The molecule has 28 heavy (non-hydrogen) atoms. The van der Waals surface area contributed by atoms with Crippen LogP contribution in [0.2, 0.25) is 0 Å². The van der Waals surface area contributed by atoms with E-state index in [-0.39, 0.29) is 11.3 Å². The fourth-order valence-electron chi connectivity index (χ4n) is 2.45. The number of nitrogens with zero attached hydrogens (tertiary/aromatic N) is 1. The SMILES string of the molecule is Cc1cc(SC#N)cc(C)c1NC(=O)COC(=O)c1ccccc1OC(F)F. The van der Waals surface area contributed by atoms with E-state index in [1.165, 1.54) is 24.3 Å². The maximum Gasteiger partial charge on any atom is 0.387 e. The molecule has 6 nitrogen and oxygen atoms in total. The van der Waals surface area contributed by atoms with E-state index in [2.05, 4.69) is 10.1 Å². The van der Waals surface area contributed by atoms with Crippen LogP contribution < -0.4 is 10.1 Å². The van der Waals surface area contributed by atoms with Gasteiger partial charge in [0, 0.05) is 10.6 Å². The first kappa shape index (κ1) is 21.2. The Balaban J connectivity index is 2.02. The maximum atomic E-state index is 12.4. The van der Waals surface area contributed by atoms with Crippen molar-refractivity contribution in [2.45, 2.75) is 25.4 Å². The van der Waals surface area contributed by atoms with Gasteiger partial charge in [0.15, 0.2) is 6.61 Å². The Morgan fingerprint density at radius 1 is 1.21 bits per heavy atom. The first-order valence-corrected chi connectivity index (χ1v) is 8.81. The van der Waals surface area contributed by atoms with Crippen LogP contribution in [0, 0.1) is 24.5 Å². The topological polar surface area (TPSA) is 88.4 Å². The first-order chi connectivity index (χ1) is 13.3. The molecule has 0 fully saturated rings. The van der Waals surface area contributed by atoms with Gasteiger partial charge in [-0.25, -0.2) is 4.79 Å². The number of nitriles is 1. The summed E-state index contributed by atoms with van der Waals surface area (Å²) in [7, 11) is 0. The van der Waals surface area contributed by atoms with Crippen LogP contribution in [0.15, 0.2) is 41.3 Å². The summed E-state index contributed by atoms with van der Waals surface area (Å²) < 4.78 is 34.0. The Hall–Kier alpha value is -3.12. The highest BCUT2D eigenvalue weighted by Gasteiger charge is 2.18. The molecule has 0 bridgehead atoms. The zero-order valence-electron chi connectivity index (χ0n) is 15.0. The average molecular weight is 406 g/mol. The van der Waals surface area contributed by atoms with Crippen molar-refractivity contribution < 1.29 is 27.8 Å². The molecule has 146 valence electrons. The summed E-state index contributed by atoms with van der Waals surface area (Å²) >= 11 is 1.01. The number of anilines is 1. The molecule has 2 aromatic carbocycles. The Kier molecular flexibility index (Phi) is 7.35. The third-order valence-corrected chi connectivity index (χ3v) is 4.15. The van der Waals surface area contributed by atoms with Crippen molar-refractivity contribution in [2.24, 2.45) is 0 Å². The average Bonchev–Trinajstić information content (AvgIpc) is 2.63. The summed E-state index contributed by atoms with van der Waals surface area (Å²) in [4.78, 5) is 25.0. The number of hydrogen-bond donors (Lipinski definition) is 1. The van der Waals surface area contributed by atoms with Gasteiger partial charge in [0.2, 0.25) is 0 Å². The van der Waals surface area contributed by atoms with Crippen molar-refractivity contribution in [1.29, 1.82) is 5.26 Å². The monoisotopic (exact) mass is 406 g/mol. The zero-order valence-corrected chi connectivity index (χ0v) is 15.8. The molecule has 0 aliphatic rings. The quantitative estimate of drug-likeness (QED) is 0.420. The van der Waals surface area contributed by atoms with E-state index in [1.54, 1.807) is 26.0 Å². The van der Waals surface area contributed by atoms with E-state index in [0.29, 0.717) is 5.69 Å². The van der Waals surface area contributed by atoms with E-state index in [4.69, 9.17) is 10.00 Å². The molecule has 0 aliphatic heterocycles. The van der Waals surface area contributed by atoms with Crippen LogP contribution in [0.1, 0.15) is 21.5 Å². The summed E-state index contributed by atoms with van der Waals surface area (Å²) in [6.07, 6.45) is 0. The van der Waals surface area contributed by atoms with Gasteiger partial charge in [0.25, 0.3) is 5.91 Å². The lowest BCUT2D eigenvalue weighted by Crippen LogP contribution is -2.22. The van der Waals surface area contributed by atoms with Gasteiger partial charge in [-0.15, -0.1) is 0 Å². The summed E-state index contributed by atoms with van der Waals surface area (Å²) in [6, 6.07) is 8.86. The van der Waals surface area contributed by atoms with E-state index >= 15 is 0 Å². The number of esters is 1. The van der Waals surface area contributed by atoms with Crippen molar-refractivity contribution in [3.8, 4) is 11.2 Å². The lowest BCUT2D eigenvalue weighted by atomic mass is 10.1. The van der Waals surface area contributed by atoms with Gasteiger partial charge in [0.05, 0.1) is 0 Å². The molecule has 0 heterocycles. The normalized spacial score (nSPS) is 10.3. The number of para-hydroxylation sites is 1. The lowest BCUT2D eigenvalue weighted by Gasteiger charge is -2.13. The number of thiocyanates is 1. The van der Waals surface area contributed by atoms with Gasteiger partial charge in [-0.1, -0.05) is 12.1 Å². The molecule has 2 aromatic rings. The Bertz CT molecular complexity index is 905. The number of alkyl halides is 2. The fraction of sp³-hybridized carbons (Fsp3) is 0.211. The van der Waals surface area contributed by atoms with Gasteiger partial charge in [-0.05, 0) is 61.0 Å². The lowest BCUT2D eigenvalue weighted by molar-refractivity contribution is -0.119. The van der Waals surface area contributed by atoms with Crippen molar-refractivity contribution in [2.75, 3.05) is 11.9 Å².